The maximum Gasteiger partial charge on any atom is 0.253 e. The second-order valence-electron chi connectivity index (χ2n) is 4.82. The molecule has 1 atom stereocenters. The van der Waals surface area contributed by atoms with Gasteiger partial charge in [-0.3, -0.25) is 4.79 Å². The van der Waals surface area contributed by atoms with Gasteiger partial charge in [0.05, 0.1) is 5.56 Å². The fourth-order valence-corrected chi connectivity index (χ4v) is 3.52. The molecule has 0 spiro atoms. The summed E-state index contributed by atoms with van der Waals surface area (Å²) in [6.45, 7) is 0. The highest BCUT2D eigenvalue weighted by atomic mass is 32.2. The van der Waals surface area contributed by atoms with Crippen molar-refractivity contribution in [3.63, 3.8) is 0 Å². The monoisotopic (exact) mass is 272 g/mol. The standard InChI is InChI=1S/C15H16N2OS/c16-14-8-11-4-2-1-3-10(11)7-13(14)15(18)17-12-5-6-19-9-12/h1-4,7-8,12H,5-6,9,16H2,(H,17,18). The van der Waals surface area contributed by atoms with Crippen molar-refractivity contribution in [3.8, 4) is 0 Å². The van der Waals surface area contributed by atoms with Crippen LogP contribution in [0.25, 0.3) is 10.8 Å². The van der Waals surface area contributed by atoms with Gasteiger partial charge in [-0.1, -0.05) is 24.3 Å². The summed E-state index contributed by atoms with van der Waals surface area (Å²) in [5.41, 5.74) is 7.12. The number of carbonyl (C=O) groups is 1. The van der Waals surface area contributed by atoms with Crippen LogP contribution in [-0.2, 0) is 0 Å². The van der Waals surface area contributed by atoms with E-state index in [2.05, 4.69) is 5.32 Å². The molecule has 3 nitrogen and oxygen atoms in total. The molecular formula is C15H16N2OS. The van der Waals surface area contributed by atoms with Gasteiger partial charge in [-0.15, -0.1) is 0 Å². The molecule has 19 heavy (non-hydrogen) atoms. The Morgan fingerprint density at radius 2 is 2.00 bits per heavy atom. The third-order valence-corrected chi connectivity index (χ3v) is 4.59. The van der Waals surface area contributed by atoms with Crippen LogP contribution in [0.5, 0.6) is 0 Å². The number of fused-ring (bicyclic) bond motifs is 1. The third kappa shape index (κ3) is 2.54. The molecule has 4 heteroatoms. The molecule has 0 aromatic heterocycles. The topological polar surface area (TPSA) is 55.1 Å². The fraction of sp³-hybridized carbons (Fsp3) is 0.267. The lowest BCUT2D eigenvalue weighted by atomic mass is 10.0. The average molecular weight is 272 g/mol. The SMILES string of the molecule is Nc1cc2ccccc2cc1C(=O)NC1CCSC1. The van der Waals surface area contributed by atoms with Crippen LogP contribution in [-0.4, -0.2) is 23.5 Å². The summed E-state index contributed by atoms with van der Waals surface area (Å²) < 4.78 is 0. The van der Waals surface area contributed by atoms with E-state index in [4.69, 9.17) is 5.73 Å². The van der Waals surface area contributed by atoms with Crippen LogP contribution in [0.4, 0.5) is 5.69 Å². The second kappa shape index (κ2) is 5.13. The minimum absolute atomic E-state index is 0.0595. The van der Waals surface area contributed by atoms with E-state index >= 15 is 0 Å². The van der Waals surface area contributed by atoms with Gasteiger partial charge in [0.25, 0.3) is 5.91 Å². The number of nitrogen functional groups attached to an aromatic ring is 1. The first kappa shape index (κ1) is 12.4. The van der Waals surface area contributed by atoms with E-state index in [1.165, 1.54) is 0 Å². The Balaban J connectivity index is 1.90. The Labute approximate surface area is 116 Å². The van der Waals surface area contributed by atoms with Crippen molar-refractivity contribution in [1.82, 2.24) is 5.32 Å². The molecule has 1 amide bonds. The van der Waals surface area contributed by atoms with Crippen molar-refractivity contribution < 1.29 is 4.79 Å². The normalized spacial score (nSPS) is 18.6. The fourth-order valence-electron chi connectivity index (χ4n) is 2.37. The van der Waals surface area contributed by atoms with Gasteiger partial charge in [0.1, 0.15) is 0 Å². The van der Waals surface area contributed by atoms with Gasteiger partial charge in [0.2, 0.25) is 0 Å². The zero-order valence-electron chi connectivity index (χ0n) is 10.6. The van der Waals surface area contributed by atoms with Crippen molar-refractivity contribution in [1.29, 1.82) is 0 Å². The lowest BCUT2D eigenvalue weighted by molar-refractivity contribution is 0.0942. The molecule has 1 aliphatic heterocycles. The molecule has 0 bridgehead atoms. The quantitative estimate of drug-likeness (QED) is 0.826. The number of benzene rings is 2. The first-order chi connectivity index (χ1) is 9.24. The summed E-state index contributed by atoms with van der Waals surface area (Å²) in [6.07, 6.45) is 1.05. The third-order valence-electron chi connectivity index (χ3n) is 3.43. The number of nitrogens with two attached hydrogens (primary N) is 1. The zero-order chi connectivity index (χ0) is 13.2. The van der Waals surface area contributed by atoms with Gasteiger partial charge in [-0.05, 0) is 35.1 Å². The smallest absolute Gasteiger partial charge is 0.253 e. The van der Waals surface area contributed by atoms with Crippen molar-refractivity contribution >= 4 is 34.1 Å². The molecular weight excluding hydrogens is 256 g/mol. The van der Waals surface area contributed by atoms with Crippen molar-refractivity contribution in [2.45, 2.75) is 12.5 Å². The molecule has 0 radical (unpaired) electrons. The zero-order valence-corrected chi connectivity index (χ0v) is 11.4. The minimum Gasteiger partial charge on any atom is -0.398 e. The van der Waals surface area contributed by atoms with Crippen LogP contribution in [0.2, 0.25) is 0 Å². The van der Waals surface area contributed by atoms with Crippen molar-refractivity contribution in [2.75, 3.05) is 17.2 Å². The first-order valence-electron chi connectivity index (χ1n) is 6.41. The number of thioether (sulfide) groups is 1. The summed E-state index contributed by atoms with van der Waals surface area (Å²) in [4.78, 5) is 12.3. The molecule has 0 aliphatic carbocycles. The number of hydrogen-bond acceptors (Lipinski definition) is 3. The van der Waals surface area contributed by atoms with Gasteiger partial charge in [0, 0.05) is 17.5 Å². The van der Waals surface area contributed by atoms with E-state index in [0.29, 0.717) is 11.3 Å². The highest BCUT2D eigenvalue weighted by molar-refractivity contribution is 7.99. The van der Waals surface area contributed by atoms with Gasteiger partial charge < -0.3 is 11.1 Å². The summed E-state index contributed by atoms with van der Waals surface area (Å²) in [6, 6.07) is 12.0. The Hall–Kier alpha value is -1.68. The Kier molecular flexibility index (Phi) is 3.34. The summed E-state index contributed by atoms with van der Waals surface area (Å²) in [5, 5.41) is 5.17. The lowest BCUT2D eigenvalue weighted by Crippen LogP contribution is -2.34. The molecule has 1 unspecified atom stereocenters. The molecule has 2 aromatic rings. The van der Waals surface area contributed by atoms with Crippen LogP contribution >= 0.6 is 11.8 Å². The highest BCUT2D eigenvalue weighted by Crippen LogP contribution is 2.23. The largest absolute Gasteiger partial charge is 0.398 e. The highest BCUT2D eigenvalue weighted by Gasteiger charge is 2.19. The maximum absolute atomic E-state index is 12.3. The molecule has 1 saturated heterocycles. The Morgan fingerprint density at radius 1 is 1.26 bits per heavy atom. The molecule has 3 N–H and O–H groups in total. The summed E-state index contributed by atoms with van der Waals surface area (Å²) in [5.74, 6) is 2.06. The molecule has 1 aliphatic rings. The van der Waals surface area contributed by atoms with Crippen LogP contribution in [0.3, 0.4) is 0 Å². The molecule has 3 rings (SSSR count). The van der Waals surface area contributed by atoms with Crippen molar-refractivity contribution in [2.24, 2.45) is 0 Å². The molecule has 1 heterocycles. The van der Waals surface area contributed by atoms with E-state index in [0.717, 1.165) is 28.7 Å². The maximum atomic E-state index is 12.3. The lowest BCUT2D eigenvalue weighted by Gasteiger charge is -2.13. The van der Waals surface area contributed by atoms with Crippen LogP contribution in [0.1, 0.15) is 16.8 Å². The molecule has 1 fully saturated rings. The van der Waals surface area contributed by atoms with Gasteiger partial charge in [-0.25, -0.2) is 0 Å². The minimum atomic E-state index is -0.0595. The summed E-state index contributed by atoms with van der Waals surface area (Å²) in [7, 11) is 0. The number of amides is 1. The Morgan fingerprint density at radius 3 is 2.68 bits per heavy atom. The first-order valence-corrected chi connectivity index (χ1v) is 7.56. The second-order valence-corrected chi connectivity index (χ2v) is 5.97. The van der Waals surface area contributed by atoms with Gasteiger partial charge >= 0.3 is 0 Å². The van der Waals surface area contributed by atoms with E-state index in [1.54, 1.807) is 0 Å². The van der Waals surface area contributed by atoms with E-state index in [1.807, 2.05) is 48.2 Å². The summed E-state index contributed by atoms with van der Waals surface area (Å²) >= 11 is 1.88. The number of hydrogen-bond donors (Lipinski definition) is 2. The number of carbonyl (C=O) groups excluding carboxylic acids is 1. The molecule has 0 saturated carbocycles. The van der Waals surface area contributed by atoms with Gasteiger partial charge in [-0.2, -0.15) is 11.8 Å². The van der Waals surface area contributed by atoms with Crippen LogP contribution in [0, 0.1) is 0 Å². The predicted octanol–water partition coefficient (Wildman–Crippen LogP) is 2.66. The molecule has 98 valence electrons. The van der Waals surface area contributed by atoms with Crippen LogP contribution < -0.4 is 11.1 Å². The average Bonchev–Trinajstić information content (AvgIpc) is 2.90. The van der Waals surface area contributed by atoms with Crippen molar-refractivity contribution in [3.05, 3.63) is 42.0 Å². The molecule has 2 aromatic carbocycles. The van der Waals surface area contributed by atoms with E-state index < -0.39 is 0 Å². The predicted molar refractivity (Wildman–Crippen MR) is 81.6 cm³/mol. The number of anilines is 1. The van der Waals surface area contributed by atoms with E-state index in [9.17, 15) is 4.79 Å². The number of nitrogens with one attached hydrogen (secondary N) is 1. The van der Waals surface area contributed by atoms with E-state index in [-0.39, 0.29) is 11.9 Å². The number of rotatable bonds is 2. The van der Waals surface area contributed by atoms with Gasteiger partial charge in [0.15, 0.2) is 0 Å². The van der Waals surface area contributed by atoms with Crippen LogP contribution in [0.15, 0.2) is 36.4 Å². The Bertz CT molecular complexity index is 621.